The second-order valence-corrected chi connectivity index (χ2v) is 13.0. The van der Waals surface area contributed by atoms with E-state index in [9.17, 15) is 14.7 Å². The van der Waals surface area contributed by atoms with Crippen LogP contribution in [0.15, 0.2) is 72.9 Å². The highest BCUT2D eigenvalue weighted by molar-refractivity contribution is 5.70. The maximum Gasteiger partial charge on any atom is 0.306 e. The number of aliphatic hydroxyl groups excluding tert-OH is 1. The molecule has 5 heteroatoms. The molecule has 0 aliphatic heterocycles. The lowest BCUT2D eigenvalue weighted by molar-refractivity contribution is -0.161. The van der Waals surface area contributed by atoms with E-state index in [0.717, 1.165) is 64.2 Å². The van der Waals surface area contributed by atoms with Crippen LogP contribution < -0.4 is 0 Å². The van der Waals surface area contributed by atoms with Gasteiger partial charge >= 0.3 is 11.9 Å². The molecule has 0 rings (SSSR count). The summed E-state index contributed by atoms with van der Waals surface area (Å²) in [5, 5.41) is 9.54. The number of ether oxygens (including phenoxy) is 2. The Bertz CT molecular complexity index is 910. The third kappa shape index (κ3) is 38.0. The smallest absolute Gasteiger partial charge is 0.306 e. The number of esters is 2. The highest BCUT2D eigenvalue weighted by Crippen LogP contribution is 2.11. The average Bonchev–Trinajstić information content (AvgIpc) is 3.10. The first-order chi connectivity index (χ1) is 24.1. The van der Waals surface area contributed by atoms with Crippen molar-refractivity contribution < 1.29 is 24.2 Å². The van der Waals surface area contributed by atoms with Gasteiger partial charge in [-0.15, -0.1) is 0 Å². The van der Waals surface area contributed by atoms with Crippen molar-refractivity contribution in [2.75, 3.05) is 13.2 Å². The van der Waals surface area contributed by atoms with Gasteiger partial charge in [-0.1, -0.05) is 157 Å². The van der Waals surface area contributed by atoms with E-state index in [1.54, 1.807) is 0 Å². The summed E-state index contributed by atoms with van der Waals surface area (Å²) in [7, 11) is 0. The summed E-state index contributed by atoms with van der Waals surface area (Å²) in [6.07, 6.45) is 52.5. The molecule has 280 valence electrons. The molecule has 0 aliphatic rings. The SMILES string of the molecule is CCCC/C=C/C/C=C/CCCCCCCC(=O)O[C@@H](CO)COC(=O)CCC/C=C/C/C=C/C/C=C/C/C=C/CCCCCCCCC. The number of aliphatic hydroxyl groups is 1. The van der Waals surface area contributed by atoms with Crippen LogP contribution in [0.25, 0.3) is 0 Å². The van der Waals surface area contributed by atoms with Crippen LogP contribution in [0.2, 0.25) is 0 Å². The second kappa shape index (κ2) is 39.8. The average molecular weight is 683 g/mol. The molecule has 0 aromatic heterocycles. The highest BCUT2D eigenvalue weighted by atomic mass is 16.6. The van der Waals surface area contributed by atoms with E-state index in [0.29, 0.717) is 19.3 Å². The lowest BCUT2D eigenvalue weighted by atomic mass is 10.1. The molecule has 1 atom stereocenters. The molecule has 0 radical (unpaired) electrons. The van der Waals surface area contributed by atoms with Crippen molar-refractivity contribution in [2.45, 2.75) is 180 Å². The summed E-state index contributed by atoms with van der Waals surface area (Å²) >= 11 is 0. The van der Waals surface area contributed by atoms with Crippen LogP contribution in [-0.2, 0) is 19.1 Å². The molecule has 0 saturated heterocycles. The first-order valence-corrected chi connectivity index (χ1v) is 20.0. The van der Waals surface area contributed by atoms with E-state index in [4.69, 9.17) is 9.47 Å². The normalized spacial score (nSPS) is 13.0. The molecule has 0 aromatic rings. The largest absolute Gasteiger partial charge is 0.462 e. The van der Waals surface area contributed by atoms with Gasteiger partial charge in [0.2, 0.25) is 0 Å². The Balaban J connectivity index is 3.70. The van der Waals surface area contributed by atoms with Crippen LogP contribution in [0.5, 0.6) is 0 Å². The van der Waals surface area contributed by atoms with Gasteiger partial charge in [0.15, 0.2) is 6.10 Å². The van der Waals surface area contributed by atoms with Gasteiger partial charge in [0, 0.05) is 12.8 Å². The first kappa shape index (κ1) is 46.3. The Kier molecular flexibility index (Phi) is 37.6. The topological polar surface area (TPSA) is 72.8 Å². The van der Waals surface area contributed by atoms with Crippen LogP contribution in [0, 0.1) is 0 Å². The quantitative estimate of drug-likeness (QED) is 0.0409. The van der Waals surface area contributed by atoms with E-state index in [1.807, 2.05) is 0 Å². The monoisotopic (exact) mass is 683 g/mol. The Hall–Kier alpha value is -2.66. The van der Waals surface area contributed by atoms with Gasteiger partial charge in [-0.05, 0) is 77.0 Å². The molecule has 0 amide bonds. The molecule has 49 heavy (non-hydrogen) atoms. The summed E-state index contributed by atoms with van der Waals surface area (Å²) < 4.78 is 10.5. The number of carbonyl (C=O) groups excluding carboxylic acids is 2. The molecule has 0 fully saturated rings. The molecule has 0 aromatic carbocycles. The zero-order chi connectivity index (χ0) is 35.7. The number of hydrogen-bond acceptors (Lipinski definition) is 5. The van der Waals surface area contributed by atoms with Gasteiger partial charge in [-0.25, -0.2) is 0 Å². The Morgan fingerprint density at radius 3 is 1.35 bits per heavy atom. The number of carbonyl (C=O) groups is 2. The van der Waals surface area contributed by atoms with Gasteiger partial charge < -0.3 is 14.6 Å². The van der Waals surface area contributed by atoms with E-state index >= 15 is 0 Å². The predicted octanol–water partition coefficient (Wildman–Crippen LogP) is 12.6. The number of rotatable bonds is 35. The summed E-state index contributed by atoms with van der Waals surface area (Å²) in [4.78, 5) is 24.2. The zero-order valence-electron chi connectivity index (χ0n) is 31.7. The van der Waals surface area contributed by atoms with Crippen LogP contribution in [-0.4, -0.2) is 36.4 Å². The Morgan fingerprint density at radius 1 is 0.469 bits per heavy atom. The minimum atomic E-state index is -0.803. The third-order valence-electron chi connectivity index (χ3n) is 8.22. The van der Waals surface area contributed by atoms with E-state index in [-0.39, 0.29) is 25.2 Å². The van der Waals surface area contributed by atoms with Gasteiger partial charge in [0.25, 0.3) is 0 Å². The zero-order valence-corrected chi connectivity index (χ0v) is 31.7. The van der Waals surface area contributed by atoms with E-state index in [2.05, 4.69) is 86.8 Å². The van der Waals surface area contributed by atoms with Crippen molar-refractivity contribution in [3.05, 3.63) is 72.9 Å². The van der Waals surface area contributed by atoms with Crippen LogP contribution in [0.3, 0.4) is 0 Å². The minimum Gasteiger partial charge on any atom is -0.462 e. The lowest BCUT2D eigenvalue weighted by Crippen LogP contribution is -2.28. The van der Waals surface area contributed by atoms with Crippen LogP contribution in [0.1, 0.15) is 174 Å². The Morgan fingerprint density at radius 2 is 0.857 bits per heavy atom. The molecule has 5 nitrogen and oxygen atoms in total. The summed E-state index contributed by atoms with van der Waals surface area (Å²) in [6.45, 7) is 4.02. The summed E-state index contributed by atoms with van der Waals surface area (Å²) in [5.74, 6) is -0.678. The fraction of sp³-hybridized carbons (Fsp3) is 0.682. The molecule has 0 bridgehead atoms. The molecule has 0 saturated carbocycles. The van der Waals surface area contributed by atoms with Crippen molar-refractivity contribution in [1.29, 1.82) is 0 Å². The predicted molar refractivity (Wildman–Crippen MR) is 210 cm³/mol. The van der Waals surface area contributed by atoms with Gasteiger partial charge in [0.1, 0.15) is 6.61 Å². The van der Waals surface area contributed by atoms with Gasteiger partial charge in [-0.2, -0.15) is 0 Å². The Labute approximate surface area is 302 Å². The summed E-state index contributed by atoms with van der Waals surface area (Å²) in [5.41, 5.74) is 0. The van der Waals surface area contributed by atoms with Crippen molar-refractivity contribution in [3.8, 4) is 0 Å². The number of allylic oxidation sites excluding steroid dienone is 12. The molecule has 1 N–H and O–H groups in total. The molecule has 0 heterocycles. The molecule has 0 spiro atoms. The molecule has 0 aliphatic carbocycles. The third-order valence-corrected chi connectivity index (χ3v) is 8.22. The summed E-state index contributed by atoms with van der Waals surface area (Å²) in [6, 6.07) is 0. The fourth-order valence-electron chi connectivity index (χ4n) is 5.15. The molecular formula is C44H74O5. The number of hydrogen-bond donors (Lipinski definition) is 1. The van der Waals surface area contributed by atoms with Crippen LogP contribution in [0.4, 0.5) is 0 Å². The number of unbranched alkanes of at least 4 members (excludes halogenated alkanes) is 15. The highest BCUT2D eigenvalue weighted by Gasteiger charge is 2.16. The van der Waals surface area contributed by atoms with Gasteiger partial charge in [-0.3, -0.25) is 9.59 Å². The van der Waals surface area contributed by atoms with E-state index < -0.39 is 6.10 Å². The lowest BCUT2D eigenvalue weighted by Gasteiger charge is -2.15. The van der Waals surface area contributed by atoms with E-state index in [1.165, 1.54) is 77.0 Å². The molecular weight excluding hydrogens is 608 g/mol. The maximum atomic E-state index is 12.1. The van der Waals surface area contributed by atoms with Crippen molar-refractivity contribution in [2.24, 2.45) is 0 Å². The minimum absolute atomic E-state index is 0.103. The maximum absolute atomic E-state index is 12.1. The fourth-order valence-corrected chi connectivity index (χ4v) is 5.15. The van der Waals surface area contributed by atoms with Crippen molar-refractivity contribution in [1.82, 2.24) is 0 Å². The standard InChI is InChI=1S/C44H74O5/c1-3-5-7-9-11-13-15-17-19-20-21-22-23-24-25-27-28-30-32-34-36-38-43(46)48-41-42(40-45)49-44(47)39-37-35-33-31-29-26-18-16-14-12-10-8-6-4-2/h10,12,16,18-20,22-23,25,27,30,32,42,45H,3-9,11,13-15,17,21,24,26,28-29,31,33-41H2,1-2H3/b12-10+,18-16+,20-19+,23-22+,27-25+,32-30+/t42-/m0/s1. The van der Waals surface area contributed by atoms with Crippen molar-refractivity contribution in [3.63, 3.8) is 0 Å². The van der Waals surface area contributed by atoms with Crippen molar-refractivity contribution >= 4 is 11.9 Å². The van der Waals surface area contributed by atoms with Crippen LogP contribution >= 0.6 is 0 Å². The first-order valence-electron chi connectivity index (χ1n) is 20.0. The van der Waals surface area contributed by atoms with Gasteiger partial charge in [0.05, 0.1) is 6.61 Å². The second-order valence-electron chi connectivity index (χ2n) is 13.0. The molecule has 0 unspecified atom stereocenters.